The molecule has 1 saturated heterocycles. The van der Waals surface area contributed by atoms with E-state index in [1.54, 1.807) is 34.8 Å². The molecule has 1 unspecified atom stereocenters. The molecule has 0 radical (unpaired) electrons. The van der Waals surface area contributed by atoms with Crippen LogP contribution in [0.3, 0.4) is 0 Å². The van der Waals surface area contributed by atoms with E-state index in [0.717, 1.165) is 5.39 Å². The molecule has 3 aromatic rings. The van der Waals surface area contributed by atoms with Gasteiger partial charge in [-0.3, -0.25) is 24.4 Å². The highest BCUT2D eigenvalue weighted by Gasteiger charge is 2.32. The molecular formula is C18H17N5O4S. The minimum Gasteiger partial charge on any atom is -0.481 e. The number of nitrogens with one attached hydrogen (secondary N) is 2. The van der Waals surface area contributed by atoms with Crippen LogP contribution in [-0.4, -0.2) is 39.1 Å². The lowest BCUT2D eigenvalue weighted by Crippen LogP contribution is -2.39. The first kappa shape index (κ1) is 18.1. The smallest absolute Gasteiger partial charge is 0.263 e. The molecule has 2 aromatic heterocycles. The fourth-order valence-corrected chi connectivity index (χ4v) is 3.74. The van der Waals surface area contributed by atoms with E-state index in [4.69, 9.17) is 4.74 Å². The first-order valence-electron chi connectivity index (χ1n) is 8.63. The molecule has 4 rings (SSSR count). The number of carbonyl (C=O) groups is 3. The highest BCUT2D eigenvalue weighted by atomic mass is 32.1. The van der Waals surface area contributed by atoms with Crippen LogP contribution in [0.1, 0.15) is 24.5 Å². The third-order valence-corrected chi connectivity index (χ3v) is 5.07. The number of piperidine rings is 1. The van der Waals surface area contributed by atoms with Gasteiger partial charge in [-0.15, -0.1) is 11.3 Å². The Labute approximate surface area is 163 Å². The molecule has 28 heavy (non-hydrogen) atoms. The lowest BCUT2D eigenvalue weighted by Gasteiger charge is -2.19. The molecule has 9 nitrogen and oxygen atoms in total. The fraction of sp³-hybridized carbons (Fsp3) is 0.278. The number of para-hydroxylation sites is 1. The SMILES string of the molecule is Cn1nc(C2CCC(=O)NC2=O)c2cccc(OCC(=O)Nc3cscn3)c21. The lowest BCUT2D eigenvalue weighted by atomic mass is 9.93. The van der Waals surface area contributed by atoms with Crippen LogP contribution in [-0.2, 0) is 21.4 Å². The number of hydrogen-bond donors (Lipinski definition) is 2. The number of rotatable bonds is 5. The van der Waals surface area contributed by atoms with Crippen LogP contribution >= 0.6 is 11.3 Å². The van der Waals surface area contributed by atoms with Gasteiger partial charge < -0.3 is 10.1 Å². The summed E-state index contributed by atoms with van der Waals surface area (Å²) in [5, 5.41) is 12.0. The first-order chi connectivity index (χ1) is 13.5. The summed E-state index contributed by atoms with van der Waals surface area (Å²) in [6.07, 6.45) is 0.694. The van der Waals surface area contributed by atoms with E-state index in [1.165, 1.54) is 11.3 Å². The van der Waals surface area contributed by atoms with Crippen molar-refractivity contribution >= 4 is 45.8 Å². The minimum atomic E-state index is -0.496. The Morgan fingerprint density at radius 1 is 1.43 bits per heavy atom. The van der Waals surface area contributed by atoms with Crippen molar-refractivity contribution < 1.29 is 19.1 Å². The number of aromatic nitrogens is 3. The molecule has 0 bridgehead atoms. The van der Waals surface area contributed by atoms with E-state index in [2.05, 4.69) is 20.7 Å². The van der Waals surface area contributed by atoms with Crippen LogP contribution in [0.2, 0.25) is 0 Å². The van der Waals surface area contributed by atoms with Crippen molar-refractivity contribution in [2.24, 2.45) is 7.05 Å². The molecule has 1 aromatic carbocycles. The second kappa shape index (κ2) is 7.39. The van der Waals surface area contributed by atoms with Gasteiger partial charge in [0, 0.05) is 24.2 Å². The Bertz CT molecular complexity index is 1060. The van der Waals surface area contributed by atoms with Gasteiger partial charge in [0.15, 0.2) is 6.61 Å². The Hall–Kier alpha value is -3.27. The third-order valence-electron chi connectivity index (χ3n) is 4.48. The van der Waals surface area contributed by atoms with Gasteiger partial charge in [-0.25, -0.2) is 4.98 Å². The molecule has 1 fully saturated rings. The molecule has 3 heterocycles. The maximum atomic E-state index is 12.2. The number of fused-ring (bicyclic) bond motifs is 1. The van der Waals surface area contributed by atoms with Crippen molar-refractivity contribution in [3.8, 4) is 5.75 Å². The number of carbonyl (C=O) groups excluding carboxylic acids is 3. The van der Waals surface area contributed by atoms with E-state index >= 15 is 0 Å². The minimum absolute atomic E-state index is 0.185. The second-order valence-electron chi connectivity index (χ2n) is 6.38. The second-order valence-corrected chi connectivity index (χ2v) is 7.09. The summed E-state index contributed by atoms with van der Waals surface area (Å²) < 4.78 is 7.33. The lowest BCUT2D eigenvalue weighted by molar-refractivity contribution is -0.134. The van der Waals surface area contributed by atoms with Crippen molar-refractivity contribution in [2.75, 3.05) is 11.9 Å². The van der Waals surface area contributed by atoms with Crippen LogP contribution in [0.4, 0.5) is 5.82 Å². The number of thiazole rings is 1. The van der Waals surface area contributed by atoms with Crippen LogP contribution < -0.4 is 15.4 Å². The summed E-state index contributed by atoms with van der Waals surface area (Å²) in [5.41, 5.74) is 2.91. The zero-order chi connectivity index (χ0) is 19.7. The zero-order valence-corrected chi connectivity index (χ0v) is 15.8. The van der Waals surface area contributed by atoms with Crippen molar-refractivity contribution in [3.63, 3.8) is 0 Å². The Morgan fingerprint density at radius 3 is 3.04 bits per heavy atom. The number of aryl methyl sites for hydroxylation is 1. The fourth-order valence-electron chi connectivity index (χ4n) is 3.25. The van der Waals surface area contributed by atoms with E-state index in [1.807, 2.05) is 6.07 Å². The van der Waals surface area contributed by atoms with E-state index in [-0.39, 0.29) is 30.7 Å². The number of nitrogens with zero attached hydrogens (tertiary/aromatic N) is 3. The number of amides is 3. The first-order valence-corrected chi connectivity index (χ1v) is 9.57. The number of imide groups is 1. The highest BCUT2D eigenvalue weighted by molar-refractivity contribution is 7.07. The average molecular weight is 399 g/mol. The topological polar surface area (TPSA) is 115 Å². The van der Waals surface area contributed by atoms with Gasteiger partial charge in [0.2, 0.25) is 11.8 Å². The van der Waals surface area contributed by atoms with E-state index in [9.17, 15) is 14.4 Å². The Kier molecular flexibility index (Phi) is 4.78. The molecule has 10 heteroatoms. The van der Waals surface area contributed by atoms with E-state index in [0.29, 0.717) is 29.2 Å². The Balaban J connectivity index is 1.57. The predicted molar refractivity (Wildman–Crippen MR) is 102 cm³/mol. The molecule has 0 aliphatic carbocycles. The van der Waals surface area contributed by atoms with Gasteiger partial charge in [-0.1, -0.05) is 12.1 Å². The summed E-state index contributed by atoms with van der Waals surface area (Å²) in [6.45, 7) is -0.185. The Morgan fingerprint density at radius 2 is 2.29 bits per heavy atom. The molecule has 1 aliphatic heterocycles. The standard InChI is InChI=1S/C18H17N5O4S/c1-23-17-10(16(22-23)11-5-6-14(24)21-18(11)26)3-2-4-12(17)27-7-15(25)20-13-8-28-9-19-13/h2-4,8-9,11H,5-7H2,1H3,(H,20,25)(H,21,24,26). The average Bonchev–Trinajstić information content (AvgIpc) is 3.28. The zero-order valence-electron chi connectivity index (χ0n) is 15.0. The van der Waals surface area contributed by atoms with Crippen molar-refractivity contribution in [1.82, 2.24) is 20.1 Å². The molecule has 144 valence electrons. The van der Waals surface area contributed by atoms with Gasteiger partial charge in [0.25, 0.3) is 5.91 Å². The van der Waals surface area contributed by atoms with Crippen LogP contribution in [0, 0.1) is 0 Å². The van der Waals surface area contributed by atoms with Gasteiger partial charge in [-0.05, 0) is 12.5 Å². The van der Waals surface area contributed by atoms with Gasteiger partial charge in [0.1, 0.15) is 17.1 Å². The van der Waals surface area contributed by atoms with Gasteiger partial charge in [-0.2, -0.15) is 5.10 Å². The van der Waals surface area contributed by atoms with Crippen LogP contribution in [0.25, 0.3) is 10.9 Å². The highest BCUT2D eigenvalue weighted by Crippen LogP contribution is 2.34. The van der Waals surface area contributed by atoms with Crippen LogP contribution in [0.5, 0.6) is 5.75 Å². The van der Waals surface area contributed by atoms with Crippen molar-refractivity contribution in [3.05, 3.63) is 34.8 Å². The molecule has 0 saturated carbocycles. The maximum absolute atomic E-state index is 12.2. The number of anilines is 1. The van der Waals surface area contributed by atoms with Gasteiger partial charge in [0.05, 0.1) is 17.1 Å². The number of hydrogen-bond acceptors (Lipinski definition) is 7. The van der Waals surface area contributed by atoms with Crippen molar-refractivity contribution in [2.45, 2.75) is 18.8 Å². The summed E-state index contributed by atoms with van der Waals surface area (Å²) in [7, 11) is 1.75. The summed E-state index contributed by atoms with van der Waals surface area (Å²) in [6, 6.07) is 5.38. The summed E-state index contributed by atoms with van der Waals surface area (Å²) >= 11 is 1.38. The predicted octanol–water partition coefficient (Wildman–Crippen LogP) is 1.57. The molecule has 1 aliphatic rings. The molecule has 2 N–H and O–H groups in total. The maximum Gasteiger partial charge on any atom is 0.263 e. The van der Waals surface area contributed by atoms with E-state index < -0.39 is 5.92 Å². The third kappa shape index (κ3) is 3.46. The largest absolute Gasteiger partial charge is 0.481 e. The van der Waals surface area contributed by atoms with Crippen molar-refractivity contribution in [1.29, 1.82) is 0 Å². The monoisotopic (exact) mass is 399 g/mol. The number of ether oxygens (including phenoxy) is 1. The normalized spacial score (nSPS) is 16.8. The van der Waals surface area contributed by atoms with Gasteiger partial charge >= 0.3 is 0 Å². The number of benzene rings is 1. The summed E-state index contributed by atoms with van der Waals surface area (Å²) in [5.74, 6) is -0.459. The quantitative estimate of drug-likeness (QED) is 0.629. The molecule has 1 atom stereocenters. The van der Waals surface area contributed by atoms with Crippen LogP contribution in [0.15, 0.2) is 29.1 Å². The molecular weight excluding hydrogens is 382 g/mol. The summed E-state index contributed by atoms with van der Waals surface area (Å²) in [4.78, 5) is 39.7. The molecule has 3 amide bonds. The molecule has 0 spiro atoms.